The number of aryl methyl sites for hydroxylation is 1. The number of nitrogens with one attached hydrogen (secondary N) is 1. The minimum absolute atomic E-state index is 0.150. The van der Waals surface area contributed by atoms with E-state index < -0.39 is 11.1 Å². The highest BCUT2D eigenvalue weighted by Crippen LogP contribution is 2.32. The van der Waals surface area contributed by atoms with Crippen LogP contribution in [0, 0.1) is 6.92 Å². The van der Waals surface area contributed by atoms with Gasteiger partial charge in [0.05, 0.1) is 18.1 Å². The molecule has 2 aromatic carbocycles. The van der Waals surface area contributed by atoms with Crippen LogP contribution in [0.25, 0.3) is 6.08 Å². The van der Waals surface area contributed by atoms with Crippen molar-refractivity contribution in [3.8, 4) is 5.75 Å². The van der Waals surface area contributed by atoms with Crippen LogP contribution in [0.4, 0.5) is 10.5 Å². The summed E-state index contributed by atoms with van der Waals surface area (Å²) in [6.07, 6.45) is 1.60. The van der Waals surface area contributed by atoms with Crippen molar-refractivity contribution < 1.29 is 28.7 Å². The summed E-state index contributed by atoms with van der Waals surface area (Å²) in [5.74, 6) is -0.553. The fraction of sp³-hybridized carbons (Fsp3) is 0.280. The molecular formula is C25H25N3O6S. The molecule has 0 bridgehead atoms. The van der Waals surface area contributed by atoms with Gasteiger partial charge in [0, 0.05) is 18.8 Å². The molecule has 2 aromatic rings. The fourth-order valence-electron chi connectivity index (χ4n) is 3.48. The second-order valence-electron chi connectivity index (χ2n) is 8.03. The Morgan fingerprint density at radius 2 is 1.74 bits per heavy atom. The summed E-state index contributed by atoms with van der Waals surface area (Å²) in [5.41, 5.74) is 2.48. The normalized spacial score (nSPS) is 17.1. The minimum atomic E-state index is -0.491. The van der Waals surface area contributed by atoms with E-state index in [0.29, 0.717) is 43.3 Å². The second kappa shape index (κ2) is 11.2. The van der Waals surface area contributed by atoms with Crippen molar-refractivity contribution in [1.82, 2.24) is 9.80 Å². The number of thioether (sulfide) groups is 1. The van der Waals surface area contributed by atoms with Gasteiger partial charge in [-0.25, -0.2) is 0 Å². The van der Waals surface area contributed by atoms with Crippen molar-refractivity contribution in [1.29, 1.82) is 0 Å². The van der Waals surface area contributed by atoms with Crippen LogP contribution in [0.2, 0.25) is 0 Å². The van der Waals surface area contributed by atoms with Gasteiger partial charge in [-0.2, -0.15) is 0 Å². The highest BCUT2D eigenvalue weighted by atomic mass is 32.2. The summed E-state index contributed by atoms with van der Waals surface area (Å²) in [6.45, 7) is 3.34. The van der Waals surface area contributed by atoms with Crippen LogP contribution in [-0.2, 0) is 19.1 Å². The number of nitrogens with zero attached hydrogens (tertiary/aromatic N) is 2. The van der Waals surface area contributed by atoms with Gasteiger partial charge in [0.2, 0.25) is 5.91 Å². The molecule has 2 aliphatic heterocycles. The maximum Gasteiger partial charge on any atom is 0.294 e. The molecule has 2 aliphatic rings. The van der Waals surface area contributed by atoms with Crippen molar-refractivity contribution in [2.45, 2.75) is 6.92 Å². The van der Waals surface area contributed by atoms with E-state index in [-0.39, 0.29) is 29.9 Å². The first-order valence-electron chi connectivity index (χ1n) is 11.1. The standard InChI is InChI=1S/C25H25N3O6S/c1-17-2-6-19(7-3-17)26-22(29)16-34-20-8-4-18(5-9-20)14-21-24(31)28(25(32)35-21)15-23(30)27-10-12-33-13-11-27/h2-9,14H,10-13,15-16H2,1H3,(H,26,29)/b21-14-. The molecule has 0 aromatic heterocycles. The number of amides is 4. The van der Waals surface area contributed by atoms with Gasteiger partial charge in [0.25, 0.3) is 17.1 Å². The topological polar surface area (TPSA) is 105 Å². The van der Waals surface area contributed by atoms with Gasteiger partial charge in [-0.1, -0.05) is 29.8 Å². The third-order valence-electron chi connectivity index (χ3n) is 5.41. The highest BCUT2D eigenvalue weighted by molar-refractivity contribution is 8.18. The molecule has 10 heteroatoms. The number of benzene rings is 2. The van der Waals surface area contributed by atoms with Crippen molar-refractivity contribution in [3.05, 3.63) is 64.6 Å². The molecule has 2 saturated heterocycles. The predicted molar refractivity (Wildman–Crippen MR) is 132 cm³/mol. The Morgan fingerprint density at radius 3 is 2.43 bits per heavy atom. The molecule has 9 nitrogen and oxygen atoms in total. The molecular weight excluding hydrogens is 470 g/mol. The van der Waals surface area contributed by atoms with Crippen molar-refractivity contribution in [2.24, 2.45) is 0 Å². The van der Waals surface area contributed by atoms with Crippen molar-refractivity contribution in [2.75, 3.05) is 44.8 Å². The van der Waals surface area contributed by atoms with Gasteiger partial charge < -0.3 is 19.7 Å². The van der Waals surface area contributed by atoms with E-state index in [1.165, 1.54) is 0 Å². The number of ether oxygens (including phenoxy) is 2. The molecule has 4 rings (SSSR count). The van der Waals surface area contributed by atoms with Gasteiger partial charge in [-0.15, -0.1) is 0 Å². The molecule has 2 heterocycles. The Labute approximate surface area is 207 Å². The van der Waals surface area contributed by atoms with Gasteiger partial charge in [-0.05, 0) is 54.6 Å². The summed E-state index contributed by atoms with van der Waals surface area (Å²) in [7, 11) is 0. The zero-order valence-corrected chi connectivity index (χ0v) is 20.0. The van der Waals surface area contributed by atoms with Gasteiger partial charge >= 0.3 is 0 Å². The number of carbonyl (C=O) groups is 4. The quantitative estimate of drug-likeness (QED) is 0.589. The first-order valence-corrected chi connectivity index (χ1v) is 11.9. The first kappa shape index (κ1) is 24.5. The lowest BCUT2D eigenvalue weighted by Crippen LogP contribution is -2.46. The smallest absolute Gasteiger partial charge is 0.294 e. The molecule has 0 spiro atoms. The van der Waals surface area contributed by atoms with Crippen LogP contribution < -0.4 is 10.1 Å². The molecule has 2 fully saturated rings. The van der Waals surface area contributed by atoms with Crippen LogP contribution >= 0.6 is 11.8 Å². The number of imide groups is 1. The average molecular weight is 496 g/mol. The van der Waals surface area contributed by atoms with Crippen LogP contribution in [0.15, 0.2) is 53.4 Å². The predicted octanol–water partition coefficient (Wildman–Crippen LogP) is 2.91. The Balaban J connectivity index is 1.30. The summed E-state index contributed by atoms with van der Waals surface area (Å²) in [4.78, 5) is 52.4. The number of hydrogen-bond acceptors (Lipinski definition) is 7. The average Bonchev–Trinajstić information content (AvgIpc) is 3.12. The largest absolute Gasteiger partial charge is 0.484 e. The Morgan fingerprint density at radius 1 is 1.06 bits per heavy atom. The number of rotatable bonds is 7. The molecule has 0 aliphatic carbocycles. The van der Waals surface area contributed by atoms with E-state index in [2.05, 4.69) is 5.32 Å². The summed E-state index contributed by atoms with van der Waals surface area (Å²) >= 11 is 0.804. The number of anilines is 1. The molecule has 35 heavy (non-hydrogen) atoms. The Kier molecular flexibility index (Phi) is 7.84. The molecule has 1 N–H and O–H groups in total. The molecule has 4 amide bonds. The molecule has 0 unspecified atom stereocenters. The van der Waals surface area contributed by atoms with E-state index in [4.69, 9.17) is 9.47 Å². The monoisotopic (exact) mass is 495 g/mol. The number of hydrogen-bond donors (Lipinski definition) is 1. The van der Waals surface area contributed by atoms with Gasteiger partial charge in [-0.3, -0.25) is 24.1 Å². The first-order chi connectivity index (χ1) is 16.9. The molecule has 182 valence electrons. The summed E-state index contributed by atoms with van der Waals surface area (Å²) in [6, 6.07) is 14.3. The zero-order valence-electron chi connectivity index (χ0n) is 19.2. The van der Waals surface area contributed by atoms with E-state index >= 15 is 0 Å². The van der Waals surface area contributed by atoms with E-state index in [9.17, 15) is 19.2 Å². The maximum absolute atomic E-state index is 12.7. The van der Waals surface area contributed by atoms with Gasteiger partial charge in [0.1, 0.15) is 12.3 Å². The summed E-state index contributed by atoms with van der Waals surface area (Å²) < 4.78 is 10.8. The van der Waals surface area contributed by atoms with E-state index in [0.717, 1.165) is 22.2 Å². The molecule has 0 saturated carbocycles. The van der Waals surface area contributed by atoms with E-state index in [1.807, 2.05) is 31.2 Å². The lowest BCUT2D eigenvalue weighted by atomic mass is 10.2. The second-order valence-corrected chi connectivity index (χ2v) is 9.03. The number of carbonyl (C=O) groups excluding carboxylic acids is 4. The molecule has 0 atom stereocenters. The van der Waals surface area contributed by atoms with Crippen LogP contribution in [-0.4, -0.2) is 72.2 Å². The number of morpholine rings is 1. The maximum atomic E-state index is 12.7. The Hall–Kier alpha value is -3.63. The SMILES string of the molecule is Cc1ccc(NC(=O)COc2ccc(/C=C3\SC(=O)N(CC(=O)N4CCOCC4)C3=O)cc2)cc1. The fourth-order valence-corrected chi connectivity index (χ4v) is 4.32. The Bertz CT molecular complexity index is 1140. The van der Waals surface area contributed by atoms with Gasteiger partial charge in [0.15, 0.2) is 6.61 Å². The highest BCUT2D eigenvalue weighted by Gasteiger charge is 2.37. The van der Waals surface area contributed by atoms with Crippen molar-refractivity contribution in [3.63, 3.8) is 0 Å². The zero-order chi connectivity index (χ0) is 24.8. The van der Waals surface area contributed by atoms with Crippen LogP contribution in [0.1, 0.15) is 11.1 Å². The third-order valence-corrected chi connectivity index (χ3v) is 6.32. The van der Waals surface area contributed by atoms with Crippen LogP contribution in [0.5, 0.6) is 5.75 Å². The van der Waals surface area contributed by atoms with Crippen LogP contribution in [0.3, 0.4) is 0 Å². The van der Waals surface area contributed by atoms with Crippen molar-refractivity contribution >= 4 is 46.5 Å². The minimum Gasteiger partial charge on any atom is -0.484 e. The lowest BCUT2D eigenvalue weighted by Gasteiger charge is -2.28. The lowest BCUT2D eigenvalue weighted by molar-refractivity contribution is -0.139. The third kappa shape index (κ3) is 6.49. The van der Waals surface area contributed by atoms with E-state index in [1.54, 1.807) is 35.2 Å². The summed E-state index contributed by atoms with van der Waals surface area (Å²) in [5, 5.41) is 2.29. The molecule has 0 radical (unpaired) electrons.